The summed E-state index contributed by atoms with van der Waals surface area (Å²) in [5.41, 5.74) is 1.31. The first-order chi connectivity index (χ1) is 10.4. The maximum Gasteiger partial charge on any atom is 0.178 e. The summed E-state index contributed by atoms with van der Waals surface area (Å²) in [6.07, 6.45) is 10.9. The predicted molar refractivity (Wildman–Crippen MR) is 86.2 cm³/mol. The van der Waals surface area contributed by atoms with Gasteiger partial charge >= 0.3 is 0 Å². The molecular weight excluding hydrogens is 272 g/mol. The molecule has 2 heteroatoms. The molecule has 0 aromatic rings. The van der Waals surface area contributed by atoms with Crippen molar-refractivity contribution in [3.05, 3.63) is 23.8 Å². The monoisotopic (exact) mass is 298 g/mol. The Labute approximate surface area is 133 Å². The first kappa shape index (κ1) is 14.4. The first-order valence-electron chi connectivity index (χ1n) is 8.84. The van der Waals surface area contributed by atoms with Crippen molar-refractivity contribution in [2.45, 2.75) is 52.9 Å². The van der Waals surface area contributed by atoms with Gasteiger partial charge in [-0.05, 0) is 61.5 Å². The molecule has 0 aliphatic heterocycles. The second-order valence-corrected chi connectivity index (χ2v) is 8.58. The summed E-state index contributed by atoms with van der Waals surface area (Å²) in [6, 6.07) is 0. The highest BCUT2D eigenvalue weighted by Gasteiger charge is 2.60. The SMILES string of the molecule is CC1CC2=CC(=O)C=C[C@]2(C)[C@H]2CC[C@]3(C)C(=O)CC[C@H]3[C@H]12. The average molecular weight is 298 g/mol. The van der Waals surface area contributed by atoms with Crippen molar-refractivity contribution in [2.75, 3.05) is 0 Å². The van der Waals surface area contributed by atoms with Gasteiger partial charge in [-0.25, -0.2) is 0 Å². The van der Waals surface area contributed by atoms with E-state index < -0.39 is 0 Å². The second-order valence-electron chi connectivity index (χ2n) is 8.58. The molecule has 22 heavy (non-hydrogen) atoms. The Balaban J connectivity index is 1.77. The quantitative estimate of drug-likeness (QED) is 0.674. The normalized spacial score (nSPS) is 50.2. The van der Waals surface area contributed by atoms with Crippen molar-refractivity contribution in [3.63, 3.8) is 0 Å². The van der Waals surface area contributed by atoms with Crippen LogP contribution < -0.4 is 0 Å². The van der Waals surface area contributed by atoms with Crippen molar-refractivity contribution >= 4 is 11.6 Å². The Kier molecular flexibility index (Phi) is 2.90. The second kappa shape index (κ2) is 4.43. The molecule has 0 N–H and O–H groups in total. The van der Waals surface area contributed by atoms with Crippen LogP contribution in [-0.4, -0.2) is 11.6 Å². The Bertz CT molecular complexity index is 613. The van der Waals surface area contributed by atoms with E-state index in [2.05, 4.69) is 26.8 Å². The van der Waals surface area contributed by atoms with Gasteiger partial charge in [0.25, 0.3) is 0 Å². The number of hydrogen-bond donors (Lipinski definition) is 0. The van der Waals surface area contributed by atoms with Crippen molar-refractivity contribution < 1.29 is 9.59 Å². The number of ketones is 2. The van der Waals surface area contributed by atoms with Crippen LogP contribution in [0.15, 0.2) is 23.8 Å². The number of carbonyl (C=O) groups excluding carboxylic acids is 2. The molecule has 0 bridgehead atoms. The van der Waals surface area contributed by atoms with Crippen LogP contribution in [0.4, 0.5) is 0 Å². The number of Topliss-reactive ketones (excluding diaryl/α,β-unsaturated/α-hetero) is 1. The van der Waals surface area contributed by atoms with E-state index in [4.69, 9.17) is 0 Å². The Morgan fingerprint density at radius 3 is 2.68 bits per heavy atom. The smallest absolute Gasteiger partial charge is 0.178 e. The van der Waals surface area contributed by atoms with Gasteiger partial charge in [-0.2, -0.15) is 0 Å². The Morgan fingerprint density at radius 2 is 1.91 bits per heavy atom. The molecule has 0 radical (unpaired) electrons. The van der Waals surface area contributed by atoms with Gasteiger partial charge in [0.15, 0.2) is 5.78 Å². The predicted octanol–water partition coefficient (Wildman–Crippen LogP) is 4.11. The standard InChI is InChI=1S/C20H26O2/c1-12-10-13-11-14(21)6-8-19(13,2)16-7-9-20(3)15(18(12)16)4-5-17(20)22/h6,8,11-12,15-16,18H,4-5,7,9-10H2,1-3H3/t12?,15-,16-,18-,19-,20-/m0/s1. The van der Waals surface area contributed by atoms with E-state index in [1.54, 1.807) is 6.08 Å². The zero-order chi connectivity index (χ0) is 15.7. The minimum Gasteiger partial charge on any atom is -0.299 e. The lowest BCUT2D eigenvalue weighted by Gasteiger charge is -2.57. The van der Waals surface area contributed by atoms with Crippen molar-refractivity contribution in [1.29, 1.82) is 0 Å². The van der Waals surface area contributed by atoms with E-state index >= 15 is 0 Å². The van der Waals surface area contributed by atoms with Crippen LogP contribution in [0.25, 0.3) is 0 Å². The molecule has 2 nitrogen and oxygen atoms in total. The van der Waals surface area contributed by atoms with E-state index in [1.807, 2.05) is 6.08 Å². The fraction of sp³-hybridized carbons (Fsp3) is 0.700. The van der Waals surface area contributed by atoms with Gasteiger partial charge in [0.1, 0.15) is 5.78 Å². The van der Waals surface area contributed by atoms with E-state index in [9.17, 15) is 9.59 Å². The van der Waals surface area contributed by atoms with Gasteiger partial charge in [0.2, 0.25) is 0 Å². The fourth-order valence-corrected chi connectivity index (χ4v) is 6.32. The summed E-state index contributed by atoms with van der Waals surface area (Å²) in [6.45, 7) is 6.89. The molecule has 4 rings (SSSR count). The molecule has 0 aromatic heterocycles. The van der Waals surface area contributed by atoms with Crippen LogP contribution in [0, 0.1) is 34.5 Å². The highest BCUT2D eigenvalue weighted by molar-refractivity contribution is 6.01. The third-order valence-electron chi connectivity index (χ3n) is 7.61. The molecule has 4 aliphatic rings. The van der Waals surface area contributed by atoms with Crippen molar-refractivity contribution in [2.24, 2.45) is 34.5 Å². The lowest BCUT2D eigenvalue weighted by molar-refractivity contribution is -0.133. The Morgan fingerprint density at radius 1 is 1.14 bits per heavy atom. The van der Waals surface area contributed by atoms with E-state index in [0.717, 1.165) is 32.1 Å². The Hall–Kier alpha value is -1.18. The van der Waals surface area contributed by atoms with E-state index in [-0.39, 0.29) is 16.6 Å². The number of rotatable bonds is 0. The summed E-state index contributed by atoms with van der Waals surface area (Å²) >= 11 is 0. The molecule has 1 unspecified atom stereocenters. The molecule has 3 saturated carbocycles. The maximum absolute atomic E-state index is 12.4. The zero-order valence-corrected chi connectivity index (χ0v) is 13.9. The number of allylic oxidation sites excluding steroid dienone is 4. The lowest BCUT2D eigenvalue weighted by Crippen LogP contribution is -2.52. The molecule has 0 heterocycles. The summed E-state index contributed by atoms with van der Waals surface area (Å²) in [5, 5.41) is 0. The van der Waals surface area contributed by atoms with Gasteiger partial charge in [-0.15, -0.1) is 0 Å². The zero-order valence-electron chi connectivity index (χ0n) is 13.9. The number of fused-ring (bicyclic) bond motifs is 5. The minimum absolute atomic E-state index is 0.0397. The average Bonchev–Trinajstić information content (AvgIpc) is 2.77. The van der Waals surface area contributed by atoms with Gasteiger partial charge in [0.05, 0.1) is 0 Å². The molecule has 6 atom stereocenters. The molecule has 0 aromatic carbocycles. The highest BCUT2D eigenvalue weighted by Crippen LogP contribution is 2.64. The fourth-order valence-electron chi connectivity index (χ4n) is 6.32. The summed E-state index contributed by atoms with van der Waals surface area (Å²) in [5.74, 6) is 3.01. The largest absolute Gasteiger partial charge is 0.299 e. The van der Waals surface area contributed by atoms with Crippen LogP contribution in [0.3, 0.4) is 0 Å². The summed E-state index contributed by atoms with van der Waals surface area (Å²) in [7, 11) is 0. The first-order valence-corrected chi connectivity index (χ1v) is 8.84. The van der Waals surface area contributed by atoms with Crippen molar-refractivity contribution in [3.8, 4) is 0 Å². The third kappa shape index (κ3) is 1.67. The topological polar surface area (TPSA) is 34.1 Å². The highest BCUT2D eigenvalue weighted by atomic mass is 16.1. The molecule has 3 fully saturated rings. The molecule has 0 saturated heterocycles. The molecule has 0 spiro atoms. The van der Waals surface area contributed by atoms with Gasteiger partial charge < -0.3 is 0 Å². The third-order valence-corrected chi connectivity index (χ3v) is 7.61. The van der Waals surface area contributed by atoms with Crippen molar-refractivity contribution in [1.82, 2.24) is 0 Å². The summed E-state index contributed by atoms with van der Waals surface area (Å²) in [4.78, 5) is 24.2. The summed E-state index contributed by atoms with van der Waals surface area (Å²) < 4.78 is 0. The molecular formula is C20H26O2. The maximum atomic E-state index is 12.4. The van der Waals surface area contributed by atoms with E-state index in [0.29, 0.717) is 29.5 Å². The number of carbonyl (C=O) groups is 2. The van der Waals surface area contributed by atoms with Crippen LogP contribution >= 0.6 is 0 Å². The number of hydrogen-bond acceptors (Lipinski definition) is 2. The molecule has 4 aliphatic carbocycles. The van der Waals surface area contributed by atoms with Gasteiger partial charge in [-0.1, -0.05) is 32.4 Å². The van der Waals surface area contributed by atoms with Gasteiger partial charge in [-0.3, -0.25) is 9.59 Å². The van der Waals surface area contributed by atoms with Crippen LogP contribution in [0.5, 0.6) is 0 Å². The molecule has 118 valence electrons. The molecule has 0 amide bonds. The lowest BCUT2D eigenvalue weighted by atomic mass is 9.46. The minimum atomic E-state index is -0.0682. The van der Waals surface area contributed by atoms with Crippen LogP contribution in [0.2, 0.25) is 0 Å². The van der Waals surface area contributed by atoms with Crippen LogP contribution in [0.1, 0.15) is 52.9 Å². The van der Waals surface area contributed by atoms with E-state index in [1.165, 1.54) is 5.57 Å². The van der Waals surface area contributed by atoms with Crippen LogP contribution in [-0.2, 0) is 9.59 Å². The van der Waals surface area contributed by atoms with Gasteiger partial charge in [0, 0.05) is 17.3 Å².